The molecule has 0 radical (unpaired) electrons. The van der Waals surface area contributed by atoms with Crippen LogP contribution in [0, 0.1) is 0 Å². The molecule has 0 N–H and O–H groups in total. The summed E-state index contributed by atoms with van der Waals surface area (Å²) in [5.74, 6) is 0. The maximum Gasteiger partial charge on any atom is 0.416 e. The van der Waals surface area contributed by atoms with Crippen molar-refractivity contribution in [3.8, 4) is 0 Å². The van der Waals surface area contributed by atoms with Crippen molar-refractivity contribution < 1.29 is 9.36 Å². The standard InChI is InChI=1S/C14H17ClN3O/c1-11(12-6-4-5-7-13(12)15)17(3)14(19)18-9-8-16(2)10-18/h4-11H,1-3H3/q+1. The van der Waals surface area contributed by atoms with Crippen LogP contribution in [0.15, 0.2) is 43.0 Å². The van der Waals surface area contributed by atoms with Gasteiger partial charge in [0.25, 0.3) is 6.33 Å². The summed E-state index contributed by atoms with van der Waals surface area (Å²) < 4.78 is 3.37. The van der Waals surface area contributed by atoms with Crippen LogP contribution in [0.2, 0.25) is 5.02 Å². The van der Waals surface area contributed by atoms with E-state index in [0.29, 0.717) is 5.02 Å². The van der Waals surface area contributed by atoms with Gasteiger partial charge in [0.05, 0.1) is 13.1 Å². The predicted octanol–water partition coefficient (Wildman–Crippen LogP) is 2.63. The van der Waals surface area contributed by atoms with Gasteiger partial charge in [0, 0.05) is 12.1 Å². The molecule has 2 aromatic rings. The fourth-order valence-corrected chi connectivity index (χ4v) is 2.23. The summed E-state index contributed by atoms with van der Waals surface area (Å²) in [6, 6.07) is 7.40. The minimum Gasteiger partial charge on any atom is -0.301 e. The minimum absolute atomic E-state index is 0.0890. The van der Waals surface area contributed by atoms with Gasteiger partial charge in [0.1, 0.15) is 12.4 Å². The summed E-state index contributed by atoms with van der Waals surface area (Å²) in [5.41, 5.74) is 0.941. The molecule has 0 saturated heterocycles. The average Bonchev–Trinajstić information content (AvgIpc) is 2.83. The molecule has 2 rings (SSSR count). The molecule has 0 aliphatic heterocycles. The van der Waals surface area contributed by atoms with Crippen LogP contribution >= 0.6 is 11.6 Å². The van der Waals surface area contributed by atoms with E-state index in [1.807, 2.05) is 49.0 Å². The molecular weight excluding hydrogens is 262 g/mol. The lowest BCUT2D eigenvalue weighted by Crippen LogP contribution is -2.34. The van der Waals surface area contributed by atoms with Gasteiger partial charge < -0.3 is 4.90 Å². The topological polar surface area (TPSA) is 29.1 Å². The van der Waals surface area contributed by atoms with Crippen LogP contribution in [0.1, 0.15) is 18.5 Å². The quantitative estimate of drug-likeness (QED) is 0.777. The SMILES string of the molecule is CC(c1ccccc1Cl)N(C)C(=O)n1cc[n+](C)c1. The van der Waals surface area contributed by atoms with E-state index in [4.69, 9.17) is 11.6 Å². The highest BCUT2D eigenvalue weighted by Gasteiger charge is 2.24. The molecule has 0 aliphatic rings. The summed E-state index contributed by atoms with van der Waals surface area (Å²) in [6.45, 7) is 1.96. The second kappa shape index (κ2) is 5.45. The van der Waals surface area contributed by atoms with Gasteiger partial charge in [-0.3, -0.25) is 0 Å². The zero-order valence-corrected chi connectivity index (χ0v) is 12.0. The Morgan fingerprint density at radius 1 is 1.42 bits per heavy atom. The predicted molar refractivity (Wildman–Crippen MR) is 74.0 cm³/mol. The number of amides is 1. The normalized spacial score (nSPS) is 12.2. The Morgan fingerprint density at radius 3 is 2.68 bits per heavy atom. The van der Waals surface area contributed by atoms with Crippen LogP contribution in [0.5, 0.6) is 0 Å². The molecule has 0 fully saturated rings. The second-order valence-electron chi connectivity index (χ2n) is 4.58. The zero-order chi connectivity index (χ0) is 14.0. The maximum absolute atomic E-state index is 12.3. The van der Waals surface area contributed by atoms with E-state index >= 15 is 0 Å². The number of aryl methyl sites for hydroxylation is 1. The van der Waals surface area contributed by atoms with E-state index in [0.717, 1.165) is 5.56 Å². The summed E-state index contributed by atoms with van der Waals surface area (Å²) in [5, 5.41) is 0.674. The van der Waals surface area contributed by atoms with Crippen molar-refractivity contribution in [1.29, 1.82) is 0 Å². The Labute approximate surface area is 117 Å². The molecule has 100 valence electrons. The van der Waals surface area contributed by atoms with Crippen molar-refractivity contribution in [1.82, 2.24) is 9.47 Å². The first-order chi connectivity index (χ1) is 9.00. The molecule has 1 aromatic carbocycles. The van der Waals surface area contributed by atoms with Gasteiger partial charge in [0.15, 0.2) is 0 Å². The summed E-state index contributed by atoms with van der Waals surface area (Å²) in [6.07, 6.45) is 5.29. The highest BCUT2D eigenvalue weighted by molar-refractivity contribution is 6.31. The van der Waals surface area contributed by atoms with E-state index in [1.54, 1.807) is 29.0 Å². The van der Waals surface area contributed by atoms with Crippen molar-refractivity contribution in [2.75, 3.05) is 7.05 Å². The van der Waals surface area contributed by atoms with Crippen LogP contribution in [0.25, 0.3) is 0 Å². The second-order valence-corrected chi connectivity index (χ2v) is 4.98. The molecule has 5 heteroatoms. The van der Waals surface area contributed by atoms with Crippen molar-refractivity contribution in [3.63, 3.8) is 0 Å². The Bertz CT molecular complexity index is 594. The van der Waals surface area contributed by atoms with Gasteiger partial charge in [-0.25, -0.2) is 9.36 Å². The first kappa shape index (κ1) is 13.6. The Morgan fingerprint density at radius 2 is 2.11 bits per heavy atom. The summed E-state index contributed by atoms with van der Waals surface area (Å²) >= 11 is 6.17. The number of carbonyl (C=O) groups excluding carboxylic acids is 1. The zero-order valence-electron chi connectivity index (χ0n) is 11.2. The van der Waals surface area contributed by atoms with Crippen LogP contribution < -0.4 is 4.57 Å². The number of hydrogen-bond donors (Lipinski definition) is 0. The molecule has 19 heavy (non-hydrogen) atoms. The molecule has 1 heterocycles. The van der Waals surface area contributed by atoms with Crippen molar-refractivity contribution in [3.05, 3.63) is 53.6 Å². The van der Waals surface area contributed by atoms with Gasteiger partial charge in [0.2, 0.25) is 0 Å². The van der Waals surface area contributed by atoms with Crippen LogP contribution in [-0.2, 0) is 7.05 Å². The number of benzene rings is 1. The third kappa shape index (κ3) is 2.79. The first-order valence-electron chi connectivity index (χ1n) is 6.05. The van der Waals surface area contributed by atoms with Crippen molar-refractivity contribution in [2.45, 2.75) is 13.0 Å². The molecule has 1 atom stereocenters. The lowest BCUT2D eigenvalue weighted by atomic mass is 10.1. The molecule has 0 spiro atoms. The molecule has 1 amide bonds. The van der Waals surface area contributed by atoms with E-state index in [1.165, 1.54) is 0 Å². The number of aromatic nitrogens is 2. The van der Waals surface area contributed by atoms with Gasteiger partial charge in [-0.2, -0.15) is 4.57 Å². The molecular formula is C14H17ClN3O+. The Balaban J connectivity index is 2.22. The number of imidazole rings is 1. The fourth-order valence-electron chi connectivity index (χ4n) is 1.93. The number of hydrogen-bond acceptors (Lipinski definition) is 1. The van der Waals surface area contributed by atoms with Crippen molar-refractivity contribution >= 4 is 17.6 Å². The van der Waals surface area contributed by atoms with Gasteiger partial charge >= 0.3 is 6.03 Å². The molecule has 1 unspecified atom stereocenters. The van der Waals surface area contributed by atoms with E-state index in [-0.39, 0.29) is 12.1 Å². The smallest absolute Gasteiger partial charge is 0.301 e. The van der Waals surface area contributed by atoms with E-state index in [9.17, 15) is 4.79 Å². The largest absolute Gasteiger partial charge is 0.416 e. The molecule has 4 nitrogen and oxygen atoms in total. The molecule has 0 bridgehead atoms. The van der Waals surface area contributed by atoms with E-state index in [2.05, 4.69) is 0 Å². The number of rotatable bonds is 2. The van der Waals surface area contributed by atoms with E-state index < -0.39 is 0 Å². The molecule has 1 aromatic heterocycles. The highest BCUT2D eigenvalue weighted by atomic mass is 35.5. The summed E-state index contributed by atoms with van der Waals surface area (Å²) in [4.78, 5) is 14.0. The van der Waals surface area contributed by atoms with Crippen LogP contribution in [0.4, 0.5) is 4.79 Å². The fraction of sp³-hybridized carbons (Fsp3) is 0.286. The third-order valence-corrected chi connectivity index (χ3v) is 3.57. The molecule has 0 saturated carbocycles. The Kier molecular flexibility index (Phi) is 3.90. The summed E-state index contributed by atoms with van der Waals surface area (Å²) in [7, 11) is 3.65. The van der Waals surface area contributed by atoms with Gasteiger partial charge in [-0.1, -0.05) is 29.8 Å². The lowest BCUT2D eigenvalue weighted by molar-refractivity contribution is -0.670. The Hall–Kier alpha value is -1.81. The number of halogens is 1. The average molecular weight is 279 g/mol. The minimum atomic E-state index is -0.0898. The lowest BCUT2D eigenvalue weighted by Gasteiger charge is -2.23. The van der Waals surface area contributed by atoms with Gasteiger partial charge in [-0.15, -0.1) is 0 Å². The monoisotopic (exact) mass is 278 g/mol. The maximum atomic E-state index is 12.3. The number of nitrogens with zero attached hydrogens (tertiary/aromatic N) is 3. The molecule has 0 aliphatic carbocycles. The highest BCUT2D eigenvalue weighted by Crippen LogP contribution is 2.26. The van der Waals surface area contributed by atoms with Crippen molar-refractivity contribution in [2.24, 2.45) is 7.05 Å². The van der Waals surface area contributed by atoms with Crippen LogP contribution in [-0.4, -0.2) is 22.5 Å². The van der Waals surface area contributed by atoms with Crippen LogP contribution in [0.3, 0.4) is 0 Å². The first-order valence-corrected chi connectivity index (χ1v) is 6.43. The van der Waals surface area contributed by atoms with Gasteiger partial charge in [-0.05, 0) is 18.6 Å². The number of carbonyl (C=O) groups is 1. The third-order valence-electron chi connectivity index (χ3n) is 3.23.